The Morgan fingerprint density at radius 2 is 1.38 bits per heavy atom. The van der Waals surface area contributed by atoms with E-state index in [0.29, 0.717) is 11.1 Å². The minimum absolute atomic E-state index is 0.699. The van der Waals surface area contributed by atoms with Crippen LogP contribution >= 0.6 is 25.3 Å². The van der Waals surface area contributed by atoms with E-state index in [-0.39, 0.29) is 0 Å². The summed E-state index contributed by atoms with van der Waals surface area (Å²) >= 11 is 8.49. The minimum atomic E-state index is -1.19. The lowest BCUT2D eigenvalue weighted by Crippen LogP contribution is -2.19. The summed E-state index contributed by atoms with van der Waals surface area (Å²) in [5.74, 6) is 0. The van der Waals surface area contributed by atoms with E-state index in [1.165, 1.54) is 0 Å². The summed E-state index contributed by atoms with van der Waals surface area (Å²) in [4.78, 5) is 5.21. The van der Waals surface area contributed by atoms with Gasteiger partial charge >= 0.3 is 5.66 Å². The SMILES string of the molecule is [C-]#[N+]C(C)(N=NC(C)(C#N)c1ccc(S)cc1)c1ccc(S)cc1. The molecule has 6 heteroatoms. The first-order chi connectivity index (χ1) is 11.3. The summed E-state index contributed by atoms with van der Waals surface area (Å²) in [7, 11) is 0. The third-order valence-electron chi connectivity index (χ3n) is 3.72. The molecule has 0 aliphatic carbocycles. The highest BCUT2D eigenvalue weighted by molar-refractivity contribution is 7.80. The van der Waals surface area contributed by atoms with E-state index in [1.54, 1.807) is 62.4 Å². The van der Waals surface area contributed by atoms with Gasteiger partial charge in [0.25, 0.3) is 0 Å². The number of thiol groups is 2. The number of nitrogens with zero attached hydrogens (tertiary/aromatic N) is 4. The van der Waals surface area contributed by atoms with Crippen molar-refractivity contribution in [2.45, 2.75) is 34.8 Å². The predicted octanol–water partition coefficient (Wildman–Crippen LogP) is 5.25. The van der Waals surface area contributed by atoms with Crippen LogP contribution in [0.1, 0.15) is 25.0 Å². The molecule has 2 aromatic carbocycles. The first-order valence-electron chi connectivity index (χ1n) is 7.16. The van der Waals surface area contributed by atoms with Gasteiger partial charge in [-0.05, 0) is 48.9 Å². The highest BCUT2D eigenvalue weighted by Crippen LogP contribution is 2.32. The topological polar surface area (TPSA) is 52.9 Å². The van der Waals surface area contributed by atoms with Crippen LogP contribution in [-0.4, -0.2) is 0 Å². The molecule has 0 saturated heterocycles. The number of hydrogen-bond acceptors (Lipinski definition) is 5. The van der Waals surface area contributed by atoms with Gasteiger partial charge in [0, 0.05) is 16.7 Å². The second-order valence-electron chi connectivity index (χ2n) is 5.61. The van der Waals surface area contributed by atoms with E-state index in [2.05, 4.69) is 46.4 Å². The highest BCUT2D eigenvalue weighted by atomic mass is 32.1. The van der Waals surface area contributed by atoms with Crippen molar-refractivity contribution in [3.63, 3.8) is 0 Å². The van der Waals surface area contributed by atoms with E-state index in [4.69, 9.17) is 6.57 Å². The van der Waals surface area contributed by atoms with Crippen molar-refractivity contribution in [3.05, 3.63) is 71.1 Å². The molecular formula is C18H16N4S2. The van der Waals surface area contributed by atoms with Gasteiger partial charge in [-0.1, -0.05) is 17.2 Å². The molecule has 120 valence electrons. The maximum atomic E-state index is 9.57. The second-order valence-corrected chi connectivity index (χ2v) is 6.64. The van der Waals surface area contributed by atoms with E-state index >= 15 is 0 Å². The summed E-state index contributed by atoms with van der Waals surface area (Å²) in [5, 5.41) is 18.0. The molecular weight excluding hydrogens is 336 g/mol. The van der Waals surface area contributed by atoms with Crippen LogP contribution in [0.2, 0.25) is 0 Å². The molecule has 4 nitrogen and oxygen atoms in total. The van der Waals surface area contributed by atoms with Crippen molar-refractivity contribution in [2.75, 3.05) is 0 Å². The van der Waals surface area contributed by atoms with Gasteiger partial charge in [-0.25, -0.2) is 6.57 Å². The quantitative estimate of drug-likeness (QED) is 0.441. The molecule has 0 fully saturated rings. The Balaban J connectivity index is 2.41. The molecule has 2 aromatic rings. The standard InChI is InChI=1S/C18H16N4S2/c1-17(12-19,13-4-8-15(23)9-5-13)21-22-18(2,20-3)14-6-10-16(24)11-7-14/h4-11,23-24H,1-2H3. The van der Waals surface area contributed by atoms with Crippen molar-refractivity contribution in [2.24, 2.45) is 10.2 Å². The predicted molar refractivity (Wildman–Crippen MR) is 99.2 cm³/mol. The molecule has 2 unspecified atom stereocenters. The average Bonchev–Trinajstić information content (AvgIpc) is 2.60. The Kier molecular flexibility index (Phi) is 5.33. The first-order valence-corrected chi connectivity index (χ1v) is 8.05. The molecule has 0 aliphatic rings. The summed E-state index contributed by atoms with van der Waals surface area (Å²) in [6.45, 7) is 10.8. The van der Waals surface area contributed by atoms with Gasteiger partial charge in [-0.2, -0.15) is 10.4 Å². The van der Waals surface area contributed by atoms with Gasteiger partial charge in [0.1, 0.15) is 0 Å². The van der Waals surface area contributed by atoms with E-state index in [0.717, 1.165) is 9.79 Å². The zero-order valence-corrected chi connectivity index (χ0v) is 15.1. The molecule has 0 saturated carbocycles. The molecule has 0 bridgehead atoms. The highest BCUT2D eigenvalue weighted by Gasteiger charge is 2.35. The normalized spacial score (nSPS) is 15.9. The van der Waals surface area contributed by atoms with Gasteiger partial charge in [0.15, 0.2) is 5.54 Å². The van der Waals surface area contributed by atoms with Crippen molar-refractivity contribution in [1.82, 2.24) is 0 Å². The monoisotopic (exact) mass is 352 g/mol. The fourth-order valence-corrected chi connectivity index (χ4v) is 2.35. The molecule has 0 radical (unpaired) electrons. The fraction of sp³-hybridized carbons (Fsp3) is 0.222. The molecule has 0 spiro atoms. The summed E-state index contributed by atoms with van der Waals surface area (Å²) in [6.07, 6.45) is 0. The van der Waals surface area contributed by atoms with Gasteiger partial charge in [0.2, 0.25) is 0 Å². The maximum absolute atomic E-state index is 9.57. The molecule has 0 amide bonds. The van der Waals surface area contributed by atoms with Crippen LogP contribution in [0.4, 0.5) is 0 Å². The largest absolute Gasteiger partial charge is 0.364 e. The number of benzene rings is 2. The third-order valence-corrected chi connectivity index (χ3v) is 4.32. The van der Waals surface area contributed by atoms with Crippen LogP contribution < -0.4 is 0 Å². The molecule has 2 atom stereocenters. The van der Waals surface area contributed by atoms with Gasteiger partial charge < -0.3 is 0 Å². The van der Waals surface area contributed by atoms with Crippen molar-refractivity contribution >= 4 is 25.3 Å². The summed E-state index contributed by atoms with van der Waals surface area (Å²) in [6, 6.07) is 16.5. The van der Waals surface area contributed by atoms with Crippen LogP contribution in [0.15, 0.2) is 68.6 Å². The smallest absolute Gasteiger partial charge is 0.279 e. The summed E-state index contributed by atoms with van der Waals surface area (Å²) in [5.41, 5.74) is -0.963. The fourth-order valence-electron chi connectivity index (χ4n) is 2.05. The van der Waals surface area contributed by atoms with Crippen LogP contribution in [0, 0.1) is 17.9 Å². The Morgan fingerprint density at radius 1 is 0.917 bits per heavy atom. The molecule has 0 aliphatic heterocycles. The Morgan fingerprint density at radius 3 is 1.79 bits per heavy atom. The van der Waals surface area contributed by atoms with E-state index < -0.39 is 11.2 Å². The third kappa shape index (κ3) is 3.79. The molecule has 0 aromatic heterocycles. The molecule has 0 heterocycles. The maximum Gasteiger partial charge on any atom is 0.364 e. The average molecular weight is 352 g/mol. The van der Waals surface area contributed by atoms with Crippen LogP contribution in [0.5, 0.6) is 0 Å². The van der Waals surface area contributed by atoms with Crippen molar-refractivity contribution in [1.29, 1.82) is 5.26 Å². The Bertz CT molecular complexity index is 760. The zero-order valence-electron chi connectivity index (χ0n) is 13.3. The number of hydrogen-bond donors (Lipinski definition) is 2. The molecule has 0 N–H and O–H groups in total. The lowest BCUT2D eigenvalue weighted by Gasteiger charge is -2.18. The van der Waals surface area contributed by atoms with Gasteiger partial charge in [-0.3, -0.25) is 4.85 Å². The lowest BCUT2D eigenvalue weighted by atomic mass is 9.95. The second kappa shape index (κ2) is 7.09. The van der Waals surface area contributed by atoms with Gasteiger partial charge in [0.05, 0.1) is 11.6 Å². The first kappa shape index (κ1) is 18.1. The molecule has 2 rings (SSSR count). The lowest BCUT2D eigenvalue weighted by molar-refractivity contribution is 0.506. The zero-order chi connectivity index (χ0) is 17.8. The van der Waals surface area contributed by atoms with Gasteiger partial charge in [-0.15, -0.1) is 25.3 Å². The van der Waals surface area contributed by atoms with Crippen LogP contribution in [-0.2, 0) is 11.2 Å². The number of azo groups is 1. The van der Waals surface area contributed by atoms with Crippen LogP contribution in [0.25, 0.3) is 4.85 Å². The Labute approximate surface area is 152 Å². The van der Waals surface area contributed by atoms with E-state index in [9.17, 15) is 5.26 Å². The molecule has 24 heavy (non-hydrogen) atoms. The minimum Gasteiger partial charge on any atom is -0.279 e. The Hall–Kier alpha value is -2.28. The summed E-state index contributed by atoms with van der Waals surface area (Å²) < 4.78 is 0. The van der Waals surface area contributed by atoms with Crippen molar-refractivity contribution in [3.8, 4) is 6.07 Å². The van der Waals surface area contributed by atoms with E-state index in [1.807, 2.05) is 0 Å². The van der Waals surface area contributed by atoms with Crippen molar-refractivity contribution < 1.29 is 0 Å². The van der Waals surface area contributed by atoms with Crippen LogP contribution in [0.3, 0.4) is 0 Å². The number of nitriles is 1. The number of rotatable bonds is 4.